The van der Waals surface area contributed by atoms with Crippen LogP contribution in [0.15, 0.2) is 53.4 Å². The van der Waals surface area contributed by atoms with Crippen LogP contribution >= 0.6 is 0 Å². The Bertz CT molecular complexity index is 949. The zero-order chi connectivity index (χ0) is 20.2. The van der Waals surface area contributed by atoms with Crippen molar-refractivity contribution in [3.8, 4) is 0 Å². The molecule has 2 aromatic rings. The number of rotatable bonds is 5. The lowest BCUT2D eigenvalue weighted by Gasteiger charge is -2.19. The Hall–Kier alpha value is -3.14. The summed E-state index contributed by atoms with van der Waals surface area (Å²) in [5, 5.41) is 13.2. The van der Waals surface area contributed by atoms with Crippen molar-refractivity contribution in [3.63, 3.8) is 0 Å². The quantitative estimate of drug-likeness (QED) is 0.588. The lowest BCUT2D eigenvalue weighted by molar-refractivity contribution is -0.384. The van der Waals surface area contributed by atoms with Crippen molar-refractivity contribution in [1.29, 1.82) is 0 Å². The van der Waals surface area contributed by atoms with Gasteiger partial charge in [-0.25, -0.2) is 13.2 Å². The van der Waals surface area contributed by atoms with E-state index < -0.39 is 26.6 Å². The van der Waals surface area contributed by atoms with Gasteiger partial charge in [-0.1, -0.05) is 6.07 Å². The van der Waals surface area contributed by atoms with Gasteiger partial charge in [-0.15, -0.1) is 0 Å². The van der Waals surface area contributed by atoms with Gasteiger partial charge in [-0.2, -0.15) is 0 Å². The van der Waals surface area contributed by atoms with Crippen molar-refractivity contribution < 1.29 is 22.9 Å². The van der Waals surface area contributed by atoms with E-state index in [0.29, 0.717) is 5.69 Å². The van der Waals surface area contributed by atoms with Gasteiger partial charge in [-0.3, -0.25) is 20.2 Å². The lowest BCUT2D eigenvalue weighted by Crippen LogP contribution is -2.27. The maximum atomic E-state index is 12.4. The van der Waals surface area contributed by atoms with E-state index in [2.05, 4.69) is 10.0 Å². The van der Waals surface area contributed by atoms with Crippen LogP contribution in [0.5, 0.6) is 0 Å². The number of anilines is 2. The van der Waals surface area contributed by atoms with Crippen molar-refractivity contribution in [3.05, 3.63) is 58.6 Å². The summed E-state index contributed by atoms with van der Waals surface area (Å²) >= 11 is 0. The predicted molar refractivity (Wildman–Crippen MR) is 100 cm³/mol. The highest BCUT2D eigenvalue weighted by atomic mass is 32.2. The van der Waals surface area contributed by atoms with Gasteiger partial charge < -0.3 is 4.74 Å². The number of hydrogen-bond acceptors (Lipinski definition) is 6. The van der Waals surface area contributed by atoms with Gasteiger partial charge in [0, 0.05) is 17.8 Å². The number of nitro benzene ring substituents is 1. The normalized spacial score (nSPS) is 11.5. The minimum atomic E-state index is -3.95. The van der Waals surface area contributed by atoms with E-state index in [4.69, 9.17) is 4.74 Å². The third-order valence-electron chi connectivity index (χ3n) is 3.12. The minimum absolute atomic E-state index is 0.126. The van der Waals surface area contributed by atoms with E-state index in [1.165, 1.54) is 12.1 Å². The molecule has 0 saturated heterocycles. The second-order valence-electron chi connectivity index (χ2n) is 6.56. The van der Waals surface area contributed by atoms with Crippen LogP contribution in [0.1, 0.15) is 20.8 Å². The molecule has 10 heteroatoms. The SMILES string of the molecule is CC(C)(C)OC(=O)Nc1cccc(NS(=O)(=O)c2ccc([N+](=O)[O-])cc2)c1. The molecule has 0 bridgehead atoms. The van der Waals surface area contributed by atoms with Crippen molar-refractivity contribution in [2.45, 2.75) is 31.3 Å². The average molecular weight is 393 g/mol. The molecule has 1 amide bonds. The monoisotopic (exact) mass is 393 g/mol. The summed E-state index contributed by atoms with van der Waals surface area (Å²) < 4.78 is 32.3. The predicted octanol–water partition coefficient (Wildman–Crippen LogP) is 3.74. The van der Waals surface area contributed by atoms with Crippen LogP contribution in [-0.4, -0.2) is 25.0 Å². The average Bonchev–Trinajstić information content (AvgIpc) is 2.53. The number of non-ortho nitro benzene ring substituents is 1. The molecule has 0 aromatic heterocycles. The number of carbonyl (C=O) groups excluding carboxylic acids is 1. The summed E-state index contributed by atoms with van der Waals surface area (Å²) in [6, 6.07) is 10.6. The molecule has 0 aliphatic heterocycles. The zero-order valence-corrected chi connectivity index (χ0v) is 15.7. The van der Waals surface area contributed by atoms with E-state index in [9.17, 15) is 23.3 Å². The molecule has 0 atom stereocenters. The van der Waals surface area contributed by atoms with Crippen LogP contribution in [0.4, 0.5) is 21.9 Å². The highest BCUT2D eigenvalue weighted by molar-refractivity contribution is 7.92. The first-order valence-electron chi connectivity index (χ1n) is 7.84. The molecule has 2 N–H and O–H groups in total. The second kappa shape index (κ2) is 7.62. The molecule has 0 aliphatic rings. The number of nitro groups is 1. The molecular weight excluding hydrogens is 374 g/mol. The molecule has 0 radical (unpaired) electrons. The number of carbonyl (C=O) groups is 1. The summed E-state index contributed by atoms with van der Waals surface area (Å²) in [5.41, 5.74) is -0.327. The van der Waals surface area contributed by atoms with Crippen LogP contribution in [0.3, 0.4) is 0 Å². The van der Waals surface area contributed by atoms with Gasteiger partial charge in [0.05, 0.1) is 15.5 Å². The van der Waals surface area contributed by atoms with E-state index >= 15 is 0 Å². The lowest BCUT2D eigenvalue weighted by atomic mass is 10.2. The molecule has 144 valence electrons. The van der Waals surface area contributed by atoms with Gasteiger partial charge in [0.2, 0.25) is 0 Å². The van der Waals surface area contributed by atoms with Crippen molar-refractivity contribution in [2.75, 3.05) is 10.0 Å². The van der Waals surface area contributed by atoms with Crippen LogP contribution in [-0.2, 0) is 14.8 Å². The van der Waals surface area contributed by atoms with Crippen LogP contribution < -0.4 is 10.0 Å². The summed E-state index contributed by atoms with van der Waals surface area (Å²) in [5.74, 6) is 0. The van der Waals surface area contributed by atoms with Crippen molar-refractivity contribution >= 4 is 33.2 Å². The number of ether oxygens (including phenoxy) is 1. The fourth-order valence-electron chi connectivity index (χ4n) is 2.04. The molecule has 0 saturated carbocycles. The third-order valence-corrected chi connectivity index (χ3v) is 4.52. The number of sulfonamides is 1. The van der Waals surface area contributed by atoms with Gasteiger partial charge in [0.25, 0.3) is 15.7 Å². The van der Waals surface area contributed by atoms with Crippen LogP contribution in [0.2, 0.25) is 0 Å². The fraction of sp³-hybridized carbons (Fsp3) is 0.235. The molecule has 2 rings (SSSR count). The molecular formula is C17H19N3O6S. The van der Waals surface area contributed by atoms with Gasteiger partial charge >= 0.3 is 6.09 Å². The van der Waals surface area contributed by atoms with E-state index in [-0.39, 0.29) is 16.3 Å². The smallest absolute Gasteiger partial charge is 0.412 e. The molecule has 0 heterocycles. The Morgan fingerprint density at radius 1 is 1.07 bits per heavy atom. The number of hydrogen-bond donors (Lipinski definition) is 2. The standard InChI is InChI=1S/C17H19N3O6S/c1-17(2,3)26-16(21)18-12-5-4-6-13(11-12)19-27(24,25)15-9-7-14(8-10-15)20(22)23/h4-11,19H,1-3H3,(H,18,21). The Morgan fingerprint density at radius 3 is 2.22 bits per heavy atom. The highest BCUT2D eigenvalue weighted by Crippen LogP contribution is 2.22. The van der Waals surface area contributed by atoms with Gasteiger partial charge in [-0.05, 0) is 51.1 Å². The first kappa shape index (κ1) is 20.2. The van der Waals surface area contributed by atoms with Gasteiger partial charge in [0.1, 0.15) is 5.60 Å². The minimum Gasteiger partial charge on any atom is -0.444 e. The zero-order valence-electron chi connectivity index (χ0n) is 14.9. The fourth-order valence-corrected chi connectivity index (χ4v) is 3.09. The molecule has 0 unspecified atom stereocenters. The maximum Gasteiger partial charge on any atom is 0.412 e. The summed E-state index contributed by atoms with van der Waals surface area (Å²) in [7, 11) is -3.95. The number of amides is 1. The van der Waals surface area contributed by atoms with E-state index in [1.807, 2.05) is 0 Å². The Balaban J connectivity index is 2.14. The summed E-state index contributed by atoms with van der Waals surface area (Å²) in [6.45, 7) is 5.17. The third kappa shape index (κ3) is 5.96. The molecule has 0 aliphatic carbocycles. The maximum absolute atomic E-state index is 12.4. The molecule has 2 aromatic carbocycles. The number of nitrogens with zero attached hydrogens (tertiary/aromatic N) is 1. The van der Waals surface area contributed by atoms with Crippen LogP contribution in [0, 0.1) is 10.1 Å². The Kier molecular flexibility index (Phi) is 5.69. The Labute approximate surface area is 156 Å². The number of benzene rings is 2. The van der Waals surface area contributed by atoms with E-state index in [1.54, 1.807) is 32.9 Å². The first-order valence-corrected chi connectivity index (χ1v) is 9.32. The first-order chi connectivity index (χ1) is 12.5. The Morgan fingerprint density at radius 2 is 1.67 bits per heavy atom. The second-order valence-corrected chi connectivity index (χ2v) is 8.25. The van der Waals surface area contributed by atoms with Crippen molar-refractivity contribution in [2.24, 2.45) is 0 Å². The molecule has 27 heavy (non-hydrogen) atoms. The highest BCUT2D eigenvalue weighted by Gasteiger charge is 2.18. The summed E-state index contributed by atoms with van der Waals surface area (Å²) in [6.07, 6.45) is -0.669. The van der Waals surface area contributed by atoms with Crippen LogP contribution in [0.25, 0.3) is 0 Å². The molecule has 9 nitrogen and oxygen atoms in total. The van der Waals surface area contributed by atoms with Gasteiger partial charge in [0.15, 0.2) is 0 Å². The summed E-state index contributed by atoms with van der Waals surface area (Å²) in [4.78, 5) is 21.7. The largest absolute Gasteiger partial charge is 0.444 e. The topological polar surface area (TPSA) is 128 Å². The van der Waals surface area contributed by atoms with Crippen molar-refractivity contribution in [1.82, 2.24) is 0 Å². The molecule has 0 spiro atoms. The molecule has 0 fully saturated rings. The van der Waals surface area contributed by atoms with E-state index in [0.717, 1.165) is 24.3 Å². The number of nitrogens with one attached hydrogen (secondary N) is 2.